The molecule has 0 spiro atoms. The number of amides is 1. The monoisotopic (exact) mass is 462 g/mol. The number of carbonyl (C=O) groups excluding carboxylic acids is 1. The van der Waals surface area contributed by atoms with Gasteiger partial charge in [0.25, 0.3) is 5.91 Å². The summed E-state index contributed by atoms with van der Waals surface area (Å²) in [6, 6.07) is 17.3. The summed E-state index contributed by atoms with van der Waals surface area (Å²) in [5, 5.41) is 11.8. The van der Waals surface area contributed by atoms with Crippen LogP contribution in [0.15, 0.2) is 53.9 Å². The second kappa shape index (κ2) is 10.9. The number of benzene rings is 2. The van der Waals surface area contributed by atoms with E-state index in [1.54, 1.807) is 30.6 Å². The molecule has 1 aromatic heterocycles. The largest absolute Gasteiger partial charge is 0.497 e. The fourth-order valence-corrected chi connectivity index (χ4v) is 4.48. The van der Waals surface area contributed by atoms with Crippen molar-refractivity contribution in [2.75, 3.05) is 39.9 Å². The van der Waals surface area contributed by atoms with Crippen LogP contribution in [0.5, 0.6) is 11.5 Å². The smallest absolute Gasteiger partial charge is 0.260 e. The van der Waals surface area contributed by atoms with Gasteiger partial charge in [-0.2, -0.15) is 5.26 Å². The third-order valence-corrected chi connectivity index (χ3v) is 6.51. The molecule has 2 heterocycles. The molecule has 8 heteroatoms. The summed E-state index contributed by atoms with van der Waals surface area (Å²) in [5.74, 6) is 1.47. The number of piperazine rings is 1. The second-order valence-corrected chi connectivity index (χ2v) is 8.66. The average Bonchev–Trinajstić information content (AvgIpc) is 3.32. The molecule has 1 saturated heterocycles. The standard InChI is InChI=1S/C25H26N4O3S/c1-31-22-8-4-20(5-9-22)25-27-21(18-33-25)16-28-12-14-29(15-13-28)24(30)17-32-23-6-2-19(3-7-23)10-11-26/h2-9,18H,10,12-17H2,1H3. The third-order valence-electron chi connectivity index (χ3n) is 5.57. The number of thiazole rings is 1. The van der Waals surface area contributed by atoms with Crippen molar-refractivity contribution in [2.24, 2.45) is 0 Å². The second-order valence-electron chi connectivity index (χ2n) is 7.80. The van der Waals surface area contributed by atoms with Crippen molar-refractivity contribution < 1.29 is 14.3 Å². The highest BCUT2D eigenvalue weighted by Gasteiger charge is 2.22. The Balaban J connectivity index is 1.22. The van der Waals surface area contributed by atoms with Crippen LogP contribution in [0.4, 0.5) is 0 Å². The fourth-order valence-electron chi connectivity index (χ4n) is 3.66. The van der Waals surface area contributed by atoms with Crippen LogP contribution < -0.4 is 9.47 Å². The van der Waals surface area contributed by atoms with Crippen LogP contribution in [0.2, 0.25) is 0 Å². The van der Waals surface area contributed by atoms with Crippen LogP contribution in [0.1, 0.15) is 11.3 Å². The molecule has 0 bridgehead atoms. The number of aromatic nitrogens is 1. The lowest BCUT2D eigenvalue weighted by atomic mass is 10.2. The molecule has 0 saturated carbocycles. The van der Waals surface area contributed by atoms with E-state index in [0.29, 0.717) is 25.3 Å². The third kappa shape index (κ3) is 6.09. The first-order valence-electron chi connectivity index (χ1n) is 10.8. The van der Waals surface area contributed by atoms with Crippen LogP contribution in [-0.2, 0) is 17.8 Å². The average molecular weight is 463 g/mol. The first kappa shape index (κ1) is 22.8. The number of nitrogens with zero attached hydrogens (tertiary/aromatic N) is 4. The summed E-state index contributed by atoms with van der Waals surface area (Å²) in [6.07, 6.45) is 0.368. The van der Waals surface area contributed by atoms with E-state index in [-0.39, 0.29) is 12.5 Å². The molecule has 2 aromatic carbocycles. The number of rotatable bonds is 8. The van der Waals surface area contributed by atoms with Crippen molar-refractivity contribution in [3.8, 4) is 28.1 Å². The predicted octanol–water partition coefficient (Wildman–Crippen LogP) is 3.61. The number of carbonyl (C=O) groups is 1. The molecule has 3 aromatic rings. The highest BCUT2D eigenvalue weighted by atomic mass is 32.1. The quantitative estimate of drug-likeness (QED) is 0.509. The SMILES string of the molecule is COc1ccc(-c2nc(CN3CCN(C(=O)COc4ccc(CC#N)cc4)CC3)cs2)cc1. The molecule has 0 N–H and O–H groups in total. The topological polar surface area (TPSA) is 78.7 Å². The first-order valence-corrected chi connectivity index (χ1v) is 11.7. The summed E-state index contributed by atoms with van der Waals surface area (Å²) in [5.41, 5.74) is 3.07. The van der Waals surface area contributed by atoms with Gasteiger partial charge in [-0.1, -0.05) is 12.1 Å². The molecular weight excluding hydrogens is 436 g/mol. The fraction of sp³-hybridized carbons (Fsp3) is 0.320. The molecule has 1 aliphatic rings. The van der Waals surface area contributed by atoms with Gasteiger partial charge in [-0.15, -0.1) is 11.3 Å². The van der Waals surface area contributed by atoms with Crippen LogP contribution in [0, 0.1) is 11.3 Å². The molecule has 0 unspecified atom stereocenters. The van der Waals surface area contributed by atoms with E-state index < -0.39 is 0 Å². The van der Waals surface area contributed by atoms with E-state index in [1.165, 1.54) is 0 Å². The van der Waals surface area contributed by atoms with Crippen LogP contribution >= 0.6 is 11.3 Å². The molecule has 1 fully saturated rings. The Bertz CT molecular complexity index is 1100. The van der Waals surface area contributed by atoms with Gasteiger partial charge in [0.1, 0.15) is 16.5 Å². The van der Waals surface area contributed by atoms with Gasteiger partial charge in [0.2, 0.25) is 0 Å². The number of nitriles is 1. The summed E-state index contributed by atoms with van der Waals surface area (Å²) in [4.78, 5) is 21.5. The van der Waals surface area contributed by atoms with Crippen molar-refractivity contribution in [2.45, 2.75) is 13.0 Å². The molecule has 33 heavy (non-hydrogen) atoms. The molecule has 7 nitrogen and oxygen atoms in total. The lowest BCUT2D eigenvalue weighted by Crippen LogP contribution is -2.49. The Morgan fingerprint density at radius 2 is 1.76 bits per heavy atom. The van der Waals surface area contributed by atoms with Gasteiger partial charge in [0, 0.05) is 43.7 Å². The van der Waals surface area contributed by atoms with Gasteiger partial charge < -0.3 is 14.4 Å². The van der Waals surface area contributed by atoms with Gasteiger partial charge in [-0.05, 0) is 42.0 Å². The zero-order chi connectivity index (χ0) is 23.0. The van der Waals surface area contributed by atoms with E-state index in [2.05, 4.69) is 16.3 Å². The van der Waals surface area contributed by atoms with Crippen molar-refractivity contribution in [3.05, 3.63) is 65.2 Å². The maximum atomic E-state index is 12.5. The van der Waals surface area contributed by atoms with Crippen LogP contribution in [0.3, 0.4) is 0 Å². The van der Waals surface area contributed by atoms with E-state index in [4.69, 9.17) is 19.7 Å². The minimum atomic E-state index is -0.00815. The predicted molar refractivity (Wildman–Crippen MR) is 127 cm³/mol. The number of ether oxygens (including phenoxy) is 2. The highest BCUT2D eigenvalue weighted by Crippen LogP contribution is 2.26. The number of hydrogen-bond acceptors (Lipinski definition) is 7. The first-order chi connectivity index (χ1) is 16.1. The Labute approximate surface area is 197 Å². The zero-order valence-corrected chi connectivity index (χ0v) is 19.4. The van der Waals surface area contributed by atoms with Crippen molar-refractivity contribution >= 4 is 17.2 Å². The summed E-state index contributed by atoms with van der Waals surface area (Å²) >= 11 is 1.64. The lowest BCUT2D eigenvalue weighted by molar-refractivity contribution is -0.135. The van der Waals surface area contributed by atoms with Crippen molar-refractivity contribution in [1.82, 2.24) is 14.8 Å². The number of methoxy groups -OCH3 is 1. The molecule has 1 aliphatic heterocycles. The Morgan fingerprint density at radius 1 is 1.06 bits per heavy atom. The van der Waals surface area contributed by atoms with Crippen molar-refractivity contribution in [3.63, 3.8) is 0 Å². The van der Waals surface area contributed by atoms with Crippen LogP contribution in [0.25, 0.3) is 10.6 Å². The zero-order valence-electron chi connectivity index (χ0n) is 18.6. The maximum absolute atomic E-state index is 12.5. The highest BCUT2D eigenvalue weighted by molar-refractivity contribution is 7.13. The minimum absolute atomic E-state index is 0.00815. The Hall–Kier alpha value is -3.41. The summed E-state index contributed by atoms with van der Waals surface area (Å²) in [7, 11) is 1.66. The molecule has 0 radical (unpaired) electrons. The Morgan fingerprint density at radius 3 is 2.42 bits per heavy atom. The van der Waals surface area contributed by atoms with Gasteiger partial charge in [0.15, 0.2) is 6.61 Å². The van der Waals surface area contributed by atoms with E-state index in [0.717, 1.165) is 47.2 Å². The van der Waals surface area contributed by atoms with Gasteiger partial charge in [-0.25, -0.2) is 4.98 Å². The normalized spacial score (nSPS) is 14.0. The molecular formula is C25H26N4O3S. The minimum Gasteiger partial charge on any atom is -0.497 e. The van der Waals surface area contributed by atoms with E-state index >= 15 is 0 Å². The van der Waals surface area contributed by atoms with Gasteiger partial charge >= 0.3 is 0 Å². The molecule has 0 aliphatic carbocycles. The molecule has 170 valence electrons. The molecule has 1 amide bonds. The summed E-state index contributed by atoms with van der Waals surface area (Å²) in [6.45, 7) is 3.78. The van der Waals surface area contributed by atoms with Crippen molar-refractivity contribution in [1.29, 1.82) is 5.26 Å². The lowest BCUT2D eigenvalue weighted by Gasteiger charge is -2.34. The van der Waals surface area contributed by atoms with Gasteiger partial charge in [-0.3, -0.25) is 9.69 Å². The maximum Gasteiger partial charge on any atom is 0.260 e. The summed E-state index contributed by atoms with van der Waals surface area (Å²) < 4.78 is 10.8. The molecule has 4 rings (SSSR count). The van der Waals surface area contributed by atoms with E-state index in [1.807, 2.05) is 41.3 Å². The van der Waals surface area contributed by atoms with Crippen LogP contribution in [-0.4, -0.2) is 60.6 Å². The van der Waals surface area contributed by atoms with Gasteiger partial charge in [0.05, 0.1) is 25.3 Å². The number of hydrogen-bond donors (Lipinski definition) is 0. The van der Waals surface area contributed by atoms with E-state index in [9.17, 15) is 4.79 Å². The molecule has 0 atom stereocenters. The Kier molecular flexibility index (Phi) is 7.55.